The van der Waals surface area contributed by atoms with Crippen LogP contribution in [0.1, 0.15) is 59.8 Å². The fourth-order valence-corrected chi connectivity index (χ4v) is 3.80. The van der Waals surface area contributed by atoms with E-state index >= 15 is 0 Å². The van der Waals surface area contributed by atoms with Gasteiger partial charge < -0.3 is 10.0 Å². The van der Waals surface area contributed by atoms with Gasteiger partial charge in [-0.15, -0.1) is 0 Å². The van der Waals surface area contributed by atoms with E-state index in [9.17, 15) is 9.90 Å². The second-order valence-corrected chi connectivity index (χ2v) is 7.50. The Morgan fingerprint density at radius 1 is 1.16 bits per heavy atom. The molecule has 1 aliphatic heterocycles. The molecular weight excluding hydrogens is 238 g/mol. The zero-order valence-corrected chi connectivity index (χ0v) is 12.9. The highest BCUT2D eigenvalue weighted by Gasteiger charge is 2.51. The SMILES string of the molecule is CC(C)CC1(C(=O)N2CC(O)(C(C)C)C2)CCCC1. The van der Waals surface area contributed by atoms with Crippen molar-refractivity contribution >= 4 is 5.91 Å². The number of aliphatic hydroxyl groups is 1. The van der Waals surface area contributed by atoms with E-state index in [0.29, 0.717) is 24.9 Å². The molecule has 1 N–H and O–H groups in total. The van der Waals surface area contributed by atoms with E-state index in [4.69, 9.17) is 0 Å². The van der Waals surface area contributed by atoms with Crippen LogP contribution in [-0.4, -0.2) is 34.6 Å². The van der Waals surface area contributed by atoms with Gasteiger partial charge in [0.1, 0.15) is 5.60 Å². The lowest BCUT2D eigenvalue weighted by molar-refractivity contribution is -0.174. The molecule has 2 rings (SSSR count). The van der Waals surface area contributed by atoms with Crippen LogP contribution >= 0.6 is 0 Å². The summed E-state index contributed by atoms with van der Waals surface area (Å²) >= 11 is 0. The summed E-state index contributed by atoms with van der Waals surface area (Å²) in [6.07, 6.45) is 5.45. The Kier molecular flexibility index (Phi) is 3.97. The number of β-amino-alcohol motifs (C(OH)–C–C–N with tert-alkyl or cyclic N) is 1. The third kappa shape index (κ3) is 2.67. The van der Waals surface area contributed by atoms with Gasteiger partial charge in [0.25, 0.3) is 0 Å². The zero-order chi connectivity index (χ0) is 14.3. The number of likely N-dealkylation sites (tertiary alicyclic amines) is 1. The van der Waals surface area contributed by atoms with Crippen LogP contribution in [0.25, 0.3) is 0 Å². The minimum Gasteiger partial charge on any atom is -0.386 e. The normalized spacial score (nSPS) is 24.9. The fraction of sp³-hybridized carbons (Fsp3) is 0.938. The maximum atomic E-state index is 12.8. The Morgan fingerprint density at radius 2 is 1.68 bits per heavy atom. The molecule has 0 aromatic carbocycles. The standard InChI is InChI=1S/C16H29NO2/c1-12(2)9-15(7-5-6-8-15)14(18)17-10-16(19,11-17)13(3)4/h12-13,19H,5-11H2,1-4H3. The second kappa shape index (κ2) is 5.08. The molecule has 110 valence electrons. The van der Waals surface area contributed by atoms with Gasteiger partial charge in [-0.2, -0.15) is 0 Å². The van der Waals surface area contributed by atoms with E-state index in [-0.39, 0.29) is 11.3 Å². The van der Waals surface area contributed by atoms with Gasteiger partial charge in [-0.1, -0.05) is 40.5 Å². The monoisotopic (exact) mass is 267 g/mol. The lowest BCUT2D eigenvalue weighted by Gasteiger charge is -2.51. The van der Waals surface area contributed by atoms with E-state index in [0.717, 1.165) is 19.3 Å². The molecule has 0 radical (unpaired) electrons. The molecule has 0 unspecified atom stereocenters. The third-order valence-electron chi connectivity index (χ3n) is 5.10. The summed E-state index contributed by atoms with van der Waals surface area (Å²) in [6.45, 7) is 9.52. The van der Waals surface area contributed by atoms with Gasteiger partial charge in [0.05, 0.1) is 13.1 Å². The van der Waals surface area contributed by atoms with Crippen molar-refractivity contribution in [1.29, 1.82) is 0 Å². The summed E-state index contributed by atoms with van der Waals surface area (Å²) in [5.74, 6) is 1.09. The molecule has 1 aliphatic carbocycles. The Bertz CT molecular complexity index is 337. The predicted molar refractivity (Wildman–Crippen MR) is 76.7 cm³/mol. The van der Waals surface area contributed by atoms with Gasteiger partial charge in [0.2, 0.25) is 5.91 Å². The number of hydrogen-bond acceptors (Lipinski definition) is 2. The van der Waals surface area contributed by atoms with Crippen molar-refractivity contribution in [1.82, 2.24) is 4.90 Å². The maximum absolute atomic E-state index is 12.8. The molecule has 2 fully saturated rings. The van der Waals surface area contributed by atoms with Crippen LogP contribution < -0.4 is 0 Å². The molecule has 0 atom stereocenters. The molecule has 3 heteroatoms. The van der Waals surface area contributed by atoms with Crippen LogP contribution in [0.5, 0.6) is 0 Å². The molecule has 1 saturated carbocycles. The highest BCUT2D eigenvalue weighted by Crippen LogP contribution is 2.46. The molecular formula is C16H29NO2. The van der Waals surface area contributed by atoms with Crippen molar-refractivity contribution in [2.24, 2.45) is 17.3 Å². The zero-order valence-electron chi connectivity index (χ0n) is 12.9. The van der Waals surface area contributed by atoms with Crippen LogP contribution in [0, 0.1) is 17.3 Å². The van der Waals surface area contributed by atoms with Crippen molar-refractivity contribution < 1.29 is 9.90 Å². The fourth-order valence-electron chi connectivity index (χ4n) is 3.80. The molecule has 2 aliphatic rings. The predicted octanol–water partition coefficient (Wildman–Crippen LogP) is 2.82. The quantitative estimate of drug-likeness (QED) is 0.851. The third-order valence-corrected chi connectivity index (χ3v) is 5.10. The Balaban J connectivity index is 2.03. The topological polar surface area (TPSA) is 40.5 Å². The average molecular weight is 267 g/mol. The van der Waals surface area contributed by atoms with Crippen molar-refractivity contribution in [2.75, 3.05) is 13.1 Å². The highest BCUT2D eigenvalue weighted by atomic mass is 16.3. The van der Waals surface area contributed by atoms with E-state index in [1.165, 1.54) is 12.8 Å². The van der Waals surface area contributed by atoms with Gasteiger partial charge in [-0.25, -0.2) is 0 Å². The minimum absolute atomic E-state index is 0.119. The molecule has 1 saturated heterocycles. The summed E-state index contributed by atoms with van der Waals surface area (Å²) in [4.78, 5) is 14.7. The summed E-state index contributed by atoms with van der Waals surface area (Å²) in [7, 11) is 0. The second-order valence-electron chi connectivity index (χ2n) is 7.50. The minimum atomic E-state index is -0.646. The van der Waals surface area contributed by atoms with Crippen LogP contribution in [0.2, 0.25) is 0 Å². The summed E-state index contributed by atoms with van der Waals surface area (Å²) in [5.41, 5.74) is -0.764. The van der Waals surface area contributed by atoms with Gasteiger partial charge in [-0.05, 0) is 31.1 Å². The molecule has 0 bridgehead atoms. The van der Waals surface area contributed by atoms with E-state index in [2.05, 4.69) is 13.8 Å². The molecule has 19 heavy (non-hydrogen) atoms. The molecule has 3 nitrogen and oxygen atoms in total. The molecule has 0 aromatic rings. The number of hydrogen-bond donors (Lipinski definition) is 1. The van der Waals surface area contributed by atoms with E-state index in [1.807, 2.05) is 18.7 Å². The number of carbonyl (C=O) groups is 1. The molecule has 0 aromatic heterocycles. The van der Waals surface area contributed by atoms with Gasteiger partial charge in [0.15, 0.2) is 0 Å². The molecule has 1 amide bonds. The van der Waals surface area contributed by atoms with Crippen LogP contribution in [0.4, 0.5) is 0 Å². The smallest absolute Gasteiger partial charge is 0.228 e. The molecule has 1 heterocycles. The first-order chi connectivity index (χ1) is 8.79. The summed E-state index contributed by atoms with van der Waals surface area (Å²) < 4.78 is 0. The Labute approximate surface area is 117 Å². The summed E-state index contributed by atoms with van der Waals surface area (Å²) in [5, 5.41) is 10.3. The van der Waals surface area contributed by atoms with Gasteiger partial charge >= 0.3 is 0 Å². The van der Waals surface area contributed by atoms with Crippen molar-refractivity contribution in [2.45, 2.75) is 65.4 Å². The van der Waals surface area contributed by atoms with E-state index < -0.39 is 5.60 Å². The van der Waals surface area contributed by atoms with Gasteiger partial charge in [-0.3, -0.25) is 4.79 Å². The maximum Gasteiger partial charge on any atom is 0.228 e. The average Bonchev–Trinajstić information content (AvgIpc) is 2.72. The van der Waals surface area contributed by atoms with Crippen molar-refractivity contribution in [3.63, 3.8) is 0 Å². The van der Waals surface area contributed by atoms with Crippen molar-refractivity contribution in [3.8, 4) is 0 Å². The Morgan fingerprint density at radius 3 is 2.11 bits per heavy atom. The van der Waals surface area contributed by atoms with Crippen LogP contribution in [0.3, 0.4) is 0 Å². The largest absolute Gasteiger partial charge is 0.386 e. The first-order valence-electron chi connectivity index (χ1n) is 7.81. The first-order valence-corrected chi connectivity index (χ1v) is 7.81. The number of nitrogens with zero attached hydrogens (tertiary/aromatic N) is 1. The summed E-state index contributed by atoms with van der Waals surface area (Å²) in [6, 6.07) is 0. The van der Waals surface area contributed by atoms with Crippen LogP contribution in [-0.2, 0) is 4.79 Å². The van der Waals surface area contributed by atoms with Gasteiger partial charge in [0, 0.05) is 5.41 Å². The lowest BCUT2D eigenvalue weighted by atomic mass is 9.74. The number of rotatable bonds is 4. The van der Waals surface area contributed by atoms with Crippen LogP contribution in [0.15, 0.2) is 0 Å². The first kappa shape index (κ1) is 14.8. The van der Waals surface area contributed by atoms with E-state index in [1.54, 1.807) is 0 Å². The highest BCUT2D eigenvalue weighted by molar-refractivity contribution is 5.84. The number of amides is 1. The molecule has 0 spiro atoms. The number of carbonyl (C=O) groups excluding carboxylic acids is 1. The Hall–Kier alpha value is -0.570. The lowest BCUT2D eigenvalue weighted by Crippen LogP contribution is -2.67. The van der Waals surface area contributed by atoms with Crippen molar-refractivity contribution in [3.05, 3.63) is 0 Å².